The zero-order valence-corrected chi connectivity index (χ0v) is 18.2. The van der Waals surface area contributed by atoms with Crippen LogP contribution < -0.4 is 10.4 Å². The lowest BCUT2D eigenvalue weighted by atomic mass is 10.1. The predicted molar refractivity (Wildman–Crippen MR) is 104 cm³/mol. The van der Waals surface area contributed by atoms with Crippen molar-refractivity contribution in [2.75, 3.05) is 27.3 Å². The summed E-state index contributed by atoms with van der Waals surface area (Å²) in [5.74, 6) is -2.02. The minimum atomic E-state index is -4.79. The van der Waals surface area contributed by atoms with Gasteiger partial charge in [-0.05, 0) is 31.0 Å². The minimum absolute atomic E-state index is 0.0153. The number of ether oxygens (including phenoxy) is 2. The Labute approximate surface area is 181 Å². The van der Waals surface area contributed by atoms with Crippen molar-refractivity contribution in [2.24, 2.45) is 7.05 Å². The molecule has 1 aliphatic rings. The molecule has 0 N–H and O–H groups in total. The molecule has 1 aliphatic heterocycles. The first kappa shape index (κ1) is 23.8. The van der Waals surface area contributed by atoms with Crippen molar-refractivity contribution >= 4 is 16.0 Å². The highest BCUT2D eigenvalue weighted by Gasteiger charge is 2.40. The van der Waals surface area contributed by atoms with Gasteiger partial charge in [0, 0.05) is 20.1 Å². The summed E-state index contributed by atoms with van der Waals surface area (Å²) in [5.41, 5.74) is -0.910. The van der Waals surface area contributed by atoms with Crippen molar-refractivity contribution < 1.29 is 35.9 Å². The highest BCUT2D eigenvalue weighted by Crippen LogP contribution is 2.32. The first-order valence-corrected chi connectivity index (χ1v) is 10.8. The molecular formula is C18H21F3N4O6S. The fourth-order valence-electron chi connectivity index (χ4n) is 3.53. The zero-order chi connectivity index (χ0) is 23.8. The number of aromatic nitrogens is 3. The Kier molecular flexibility index (Phi) is 6.38. The SMILES string of the molecule is COC(=O)c1ccc(OC)c(S(=O)(=O)N2CCC(n3nc(C(F)(F)F)n(C)c3=O)CC2)c1. The summed E-state index contributed by atoms with van der Waals surface area (Å²) in [5, 5.41) is 3.42. The van der Waals surface area contributed by atoms with Gasteiger partial charge in [-0.25, -0.2) is 22.7 Å². The van der Waals surface area contributed by atoms with Gasteiger partial charge in [0.1, 0.15) is 10.6 Å². The van der Waals surface area contributed by atoms with E-state index in [9.17, 15) is 31.2 Å². The van der Waals surface area contributed by atoms with E-state index in [-0.39, 0.29) is 42.1 Å². The van der Waals surface area contributed by atoms with Crippen LogP contribution in [0.3, 0.4) is 0 Å². The average Bonchev–Trinajstić information content (AvgIpc) is 3.07. The van der Waals surface area contributed by atoms with Gasteiger partial charge in [0.05, 0.1) is 25.8 Å². The number of rotatable bonds is 5. The lowest BCUT2D eigenvalue weighted by Crippen LogP contribution is -2.41. The van der Waals surface area contributed by atoms with Crippen molar-refractivity contribution in [1.82, 2.24) is 18.7 Å². The molecule has 2 heterocycles. The number of nitrogens with zero attached hydrogens (tertiary/aromatic N) is 4. The summed E-state index contributed by atoms with van der Waals surface area (Å²) in [6.07, 6.45) is -4.64. The van der Waals surface area contributed by atoms with Gasteiger partial charge in [-0.3, -0.25) is 4.57 Å². The van der Waals surface area contributed by atoms with E-state index in [2.05, 4.69) is 9.84 Å². The van der Waals surface area contributed by atoms with Gasteiger partial charge in [0.25, 0.3) is 0 Å². The second kappa shape index (κ2) is 8.58. The Bertz CT molecular complexity index is 1180. The van der Waals surface area contributed by atoms with Gasteiger partial charge in [-0.1, -0.05) is 0 Å². The van der Waals surface area contributed by atoms with Crippen LogP contribution in [0.5, 0.6) is 5.75 Å². The first-order valence-electron chi connectivity index (χ1n) is 9.41. The summed E-state index contributed by atoms with van der Waals surface area (Å²) >= 11 is 0. The van der Waals surface area contributed by atoms with Crippen LogP contribution in [0.25, 0.3) is 0 Å². The van der Waals surface area contributed by atoms with Crippen molar-refractivity contribution in [3.63, 3.8) is 0 Å². The quantitative estimate of drug-likeness (QED) is 0.598. The number of hydrogen-bond acceptors (Lipinski definition) is 7. The molecule has 10 nitrogen and oxygen atoms in total. The smallest absolute Gasteiger partial charge is 0.451 e. The molecule has 1 aromatic heterocycles. The Balaban J connectivity index is 1.86. The predicted octanol–water partition coefficient (Wildman–Crippen LogP) is 1.42. The van der Waals surface area contributed by atoms with Gasteiger partial charge in [-0.15, -0.1) is 5.10 Å². The molecule has 0 saturated carbocycles. The molecular weight excluding hydrogens is 457 g/mol. The topological polar surface area (TPSA) is 113 Å². The summed E-state index contributed by atoms with van der Waals surface area (Å²) in [6.45, 7) is -0.133. The van der Waals surface area contributed by atoms with E-state index in [4.69, 9.17) is 4.74 Å². The number of esters is 1. The lowest BCUT2D eigenvalue weighted by molar-refractivity contribution is -0.147. The third-order valence-electron chi connectivity index (χ3n) is 5.23. The molecule has 0 bridgehead atoms. The summed E-state index contributed by atoms with van der Waals surface area (Å²) in [4.78, 5) is 23.8. The van der Waals surface area contributed by atoms with E-state index in [1.165, 1.54) is 19.2 Å². The number of carbonyl (C=O) groups is 1. The van der Waals surface area contributed by atoms with E-state index >= 15 is 0 Å². The highest BCUT2D eigenvalue weighted by atomic mass is 32.2. The molecule has 1 fully saturated rings. The maximum absolute atomic E-state index is 13.2. The summed E-state index contributed by atoms with van der Waals surface area (Å²) in [7, 11) is -0.679. The first-order chi connectivity index (χ1) is 14.9. The van der Waals surface area contributed by atoms with Crippen LogP contribution in [0.1, 0.15) is 35.1 Å². The van der Waals surface area contributed by atoms with Crippen LogP contribution in [0, 0.1) is 0 Å². The van der Waals surface area contributed by atoms with Gasteiger partial charge in [0.15, 0.2) is 0 Å². The molecule has 176 valence electrons. The van der Waals surface area contributed by atoms with Crippen LogP contribution in [0.4, 0.5) is 13.2 Å². The third kappa shape index (κ3) is 4.24. The Morgan fingerprint density at radius 3 is 2.31 bits per heavy atom. The van der Waals surface area contributed by atoms with Crippen LogP contribution in [-0.4, -0.2) is 60.3 Å². The number of hydrogen-bond donors (Lipinski definition) is 0. The summed E-state index contributed by atoms with van der Waals surface area (Å²) in [6, 6.07) is 3.14. The fourth-order valence-corrected chi connectivity index (χ4v) is 5.18. The molecule has 0 spiro atoms. The van der Waals surface area contributed by atoms with Gasteiger partial charge >= 0.3 is 17.8 Å². The standard InChI is InChI=1S/C18H21F3N4O6S/c1-23-16(18(19,20)21)22-25(17(23)27)12-6-8-24(9-7-12)32(28,29)14-10-11(15(26)31-3)4-5-13(14)30-2/h4-5,10,12H,6-9H2,1-3H3. The maximum atomic E-state index is 13.2. The van der Waals surface area contributed by atoms with E-state index in [0.29, 0.717) is 4.57 Å². The van der Waals surface area contributed by atoms with Crippen molar-refractivity contribution in [3.8, 4) is 5.75 Å². The van der Waals surface area contributed by atoms with Gasteiger partial charge in [-0.2, -0.15) is 17.5 Å². The third-order valence-corrected chi connectivity index (χ3v) is 7.15. The number of piperidine rings is 1. The van der Waals surface area contributed by atoms with Crippen LogP contribution in [-0.2, 0) is 28.0 Å². The molecule has 14 heteroatoms. The van der Waals surface area contributed by atoms with Crippen molar-refractivity contribution in [1.29, 1.82) is 0 Å². The number of carbonyl (C=O) groups excluding carboxylic acids is 1. The largest absolute Gasteiger partial charge is 0.495 e. The molecule has 3 rings (SSSR count). The maximum Gasteiger partial charge on any atom is 0.451 e. The van der Waals surface area contributed by atoms with Gasteiger partial charge < -0.3 is 9.47 Å². The molecule has 0 atom stereocenters. The van der Waals surface area contributed by atoms with E-state index in [1.807, 2.05) is 0 Å². The second-order valence-electron chi connectivity index (χ2n) is 7.10. The van der Waals surface area contributed by atoms with E-state index < -0.39 is 39.7 Å². The molecule has 0 aliphatic carbocycles. The molecule has 0 unspecified atom stereocenters. The van der Waals surface area contributed by atoms with E-state index in [1.54, 1.807) is 0 Å². The monoisotopic (exact) mass is 478 g/mol. The van der Waals surface area contributed by atoms with Crippen LogP contribution in [0.2, 0.25) is 0 Å². The van der Waals surface area contributed by atoms with Gasteiger partial charge in [0.2, 0.25) is 15.8 Å². The molecule has 1 saturated heterocycles. The Morgan fingerprint density at radius 1 is 1.19 bits per heavy atom. The molecule has 0 radical (unpaired) electrons. The second-order valence-corrected chi connectivity index (χ2v) is 9.01. The van der Waals surface area contributed by atoms with E-state index in [0.717, 1.165) is 29.2 Å². The average molecular weight is 478 g/mol. The Morgan fingerprint density at radius 2 is 1.81 bits per heavy atom. The van der Waals surface area contributed by atoms with Crippen molar-refractivity contribution in [3.05, 3.63) is 40.1 Å². The van der Waals surface area contributed by atoms with Crippen LogP contribution in [0.15, 0.2) is 27.9 Å². The zero-order valence-electron chi connectivity index (χ0n) is 17.4. The normalized spacial score (nSPS) is 16.2. The van der Waals surface area contributed by atoms with Crippen molar-refractivity contribution in [2.45, 2.75) is 30.0 Å². The molecule has 1 aromatic carbocycles. The number of halogens is 3. The molecule has 2 aromatic rings. The number of alkyl halides is 3. The minimum Gasteiger partial charge on any atom is -0.495 e. The molecule has 0 amide bonds. The number of methoxy groups -OCH3 is 2. The highest BCUT2D eigenvalue weighted by molar-refractivity contribution is 7.89. The fraction of sp³-hybridized carbons (Fsp3) is 0.500. The Hall–Kier alpha value is -2.87. The molecule has 32 heavy (non-hydrogen) atoms. The summed E-state index contributed by atoms with van der Waals surface area (Å²) < 4.78 is 77.5. The number of sulfonamides is 1. The number of benzene rings is 1. The lowest BCUT2D eigenvalue weighted by Gasteiger charge is -2.31. The van der Waals surface area contributed by atoms with Crippen LogP contribution >= 0.6 is 0 Å².